The van der Waals surface area contributed by atoms with Crippen LogP contribution in [0, 0.1) is 0 Å². The molecule has 1 atom stereocenters. The van der Waals surface area contributed by atoms with Crippen LogP contribution in [0.1, 0.15) is 23.4 Å². The van der Waals surface area contributed by atoms with E-state index in [9.17, 15) is 13.2 Å². The number of nitrogens with zero attached hydrogens (tertiary/aromatic N) is 2. The van der Waals surface area contributed by atoms with Crippen LogP contribution in [0.15, 0.2) is 41.4 Å². The van der Waals surface area contributed by atoms with Crippen molar-refractivity contribution in [2.24, 2.45) is 0 Å². The van der Waals surface area contributed by atoms with Crippen molar-refractivity contribution < 1.29 is 13.2 Å². The highest BCUT2D eigenvalue weighted by Crippen LogP contribution is 2.37. The van der Waals surface area contributed by atoms with Crippen LogP contribution in [0.2, 0.25) is 0 Å². The van der Waals surface area contributed by atoms with Gasteiger partial charge in [-0.1, -0.05) is 6.07 Å². The number of hydrogen-bond acceptors (Lipinski definition) is 4. The summed E-state index contributed by atoms with van der Waals surface area (Å²) in [5, 5.41) is -0.121. The minimum absolute atomic E-state index is 0.121. The highest BCUT2D eigenvalue weighted by atomic mass is 32.2. The van der Waals surface area contributed by atoms with E-state index in [0.29, 0.717) is 10.6 Å². The molecule has 0 spiro atoms. The number of hydrogen-bond donors (Lipinski definition) is 1. The summed E-state index contributed by atoms with van der Waals surface area (Å²) in [6, 6.07) is 6.91. The molecule has 0 amide bonds. The Morgan fingerprint density at radius 3 is 2.65 bits per heavy atom. The van der Waals surface area contributed by atoms with Crippen LogP contribution in [0.3, 0.4) is 0 Å². The third-order valence-electron chi connectivity index (χ3n) is 2.59. The average Bonchev–Trinajstić information content (AvgIpc) is 2.38. The van der Waals surface area contributed by atoms with Crippen molar-refractivity contribution in [2.75, 3.05) is 5.73 Å². The van der Waals surface area contributed by atoms with E-state index in [1.807, 2.05) is 6.92 Å². The lowest BCUT2D eigenvalue weighted by Gasteiger charge is -2.12. The van der Waals surface area contributed by atoms with Crippen LogP contribution < -0.4 is 5.73 Å². The smallest absolute Gasteiger partial charge is 0.368 e. The summed E-state index contributed by atoms with van der Waals surface area (Å²) in [6.07, 6.45) is -2.81. The Bertz CT molecular complexity index is 601. The molecule has 7 heteroatoms. The Hall–Kier alpha value is -1.76. The highest BCUT2D eigenvalue weighted by Gasteiger charge is 2.30. The van der Waals surface area contributed by atoms with Crippen LogP contribution in [-0.4, -0.2) is 9.97 Å². The first kappa shape index (κ1) is 14.6. The van der Waals surface area contributed by atoms with Gasteiger partial charge in [0.1, 0.15) is 0 Å². The number of aromatic nitrogens is 2. The maximum Gasteiger partial charge on any atom is 0.416 e. The predicted octanol–water partition coefficient (Wildman–Crippen LogP) is 3.93. The minimum atomic E-state index is -4.33. The van der Waals surface area contributed by atoms with Gasteiger partial charge in [-0.05, 0) is 31.2 Å². The number of alkyl halides is 3. The fraction of sp³-hybridized carbons (Fsp3) is 0.231. The molecule has 0 saturated heterocycles. The summed E-state index contributed by atoms with van der Waals surface area (Å²) < 4.78 is 37.9. The van der Waals surface area contributed by atoms with E-state index in [-0.39, 0.29) is 11.2 Å². The molecule has 0 aliphatic rings. The van der Waals surface area contributed by atoms with Gasteiger partial charge in [0, 0.05) is 16.3 Å². The molecule has 2 aromatic rings. The van der Waals surface area contributed by atoms with Gasteiger partial charge in [0.2, 0.25) is 5.95 Å². The molecule has 2 rings (SSSR count). The van der Waals surface area contributed by atoms with E-state index in [4.69, 9.17) is 5.73 Å². The van der Waals surface area contributed by atoms with E-state index in [1.54, 1.807) is 12.1 Å². The summed E-state index contributed by atoms with van der Waals surface area (Å²) in [4.78, 5) is 8.38. The summed E-state index contributed by atoms with van der Waals surface area (Å²) in [5.74, 6) is 0.152. The van der Waals surface area contributed by atoms with Crippen molar-refractivity contribution in [1.29, 1.82) is 0 Å². The third kappa shape index (κ3) is 3.63. The van der Waals surface area contributed by atoms with Crippen LogP contribution in [0.4, 0.5) is 19.1 Å². The molecule has 0 unspecified atom stereocenters. The van der Waals surface area contributed by atoms with Gasteiger partial charge in [-0.25, -0.2) is 9.97 Å². The van der Waals surface area contributed by atoms with Gasteiger partial charge in [0.15, 0.2) is 0 Å². The zero-order valence-electron chi connectivity index (χ0n) is 10.6. The number of halogens is 3. The SMILES string of the molecule is C[C@@H](Sc1cccc(C(F)(F)F)c1)c1ccnc(N)n1. The summed E-state index contributed by atoms with van der Waals surface area (Å²) in [5.41, 5.74) is 5.52. The number of rotatable bonds is 3. The van der Waals surface area contributed by atoms with Gasteiger partial charge >= 0.3 is 6.18 Å². The van der Waals surface area contributed by atoms with Gasteiger partial charge in [-0.2, -0.15) is 13.2 Å². The Balaban J connectivity index is 2.18. The van der Waals surface area contributed by atoms with Crippen molar-refractivity contribution in [3.05, 3.63) is 47.8 Å². The van der Waals surface area contributed by atoms with Gasteiger partial charge in [-0.3, -0.25) is 0 Å². The van der Waals surface area contributed by atoms with Crippen LogP contribution >= 0.6 is 11.8 Å². The van der Waals surface area contributed by atoms with Crippen LogP contribution in [-0.2, 0) is 6.18 Å². The summed E-state index contributed by atoms with van der Waals surface area (Å²) >= 11 is 1.29. The van der Waals surface area contributed by atoms with E-state index in [2.05, 4.69) is 9.97 Å². The zero-order valence-corrected chi connectivity index (χ0v) is 11.4. The van der Waals surface area contributed by atoms with Crippen molar-refractivity contribution in [3.8, 4) is 0 Å². The number of anilines is 1. The first-order valence-electron chi connectivity index (χ1n) is 5.78. The number of benzene rings is 1. The molecule has 0 saturated carbocycles. The van der Waals surface area contributed by atoms with E-state index < -0.39 is 11.7 Å². The van der Waals surface area contributed by atoms with Gasteiger partial charge < -0.3 is 5.73 Å². The van der Waals surface area contributed by atoms with E-state index in [0.717, 1.165) is 12.1 Å². The number of nitrogens with two attached hydrogens (primary N) is 1. The van der Waals surface area contributed by atoms with Crippen molar-refractivity contribution in [2.45, 2.75) is 23.2 Å². The molecule has 0 aliphatic heterocycles. The standard InChI is InChI=1S/C13H12F3N3S/c1-8(11-5-6-18-12(17)19-11)20-10-4-2-3-9(7-10)13(14,15)16/h2-8H,1H3,(H2,17,18,19)/t8-/m1/s1. The molecular weight excluding hydrogens is 287 g/mol. The lowest BCUT2D eigenvalue weighted by Crippen LogP contribution is -2.04. The van der Waals surface area contributed by atoms with E-state index in [1.165, 1.54) is 24.0 Å². The van der Waals surface area contributed by atoms with E-state index >= 15 is 0 Å². The van der Waals surface area contributed by atoms with Gasteiger partial charge in [0.25, 0.3) is 0 Å². The van der Waals surface area contributed by atoms with Gasteiger partial charge in [0.05, 0.1) is 11.3 Å². The van der Waals surface area contributed by atoms with Crippen LogP contribution in [0.5, 0.6) is 0 Å². The normalized spacial score (nSPS) is 13.2. The zero-order chi connectivity index (χ0) is 14.8. The van der Waals surface area contributed by atoms with Gasteiger partial charge in [-0.15, -0.1) is 11.8 Å². The molecule has 1 aromatic carbocycles. The molecule has 0 aliphatic carbocycles. The second kappa shape index (κ2) is 5.70. The first-order valence-corrected chi connectivity index (χ1v) is 6.66. The molecule has 1 aromatic heterocycles. The molecule has 3 nitrogen and oxygen atoms in total. The quantitative estimate of drug-likeness (QED) is 0.872. The minimum Gasteiger partial charge on any atom is -0.368 e. The second-order valence-electron chi connectivity index (χ2n) is 4.13. The number of thioether (sulfide) groups is 1. The number of nitrogen functional groups attached to an aromatic ring is 1. The Morgan fingerprint density at radius 2 is 2.00 bits per heavy atom. The molecule has 20 heavy (non-hydrogen) atoms. The van der Waals surface area contributed by atoms with Crippen molar-refractivity contribution in [1.82, 2.24) is 9.97 Å². The lowest BCUT2D eigenvalue weighted by molar-refractivity contribution is -0.137. The molecular formula is C13H12F3N3S. The largest absolute Gasteiger partial charge is 0.416 e. The van der Waals surface area contributed by atoms with Crippen molar-refractivity contribution >= 4 is 17.7 Å². The summed E-state index contributed by atoms with van der Waals surface area (Å²) in [6.45, 7) is 1.85. The Morgan fingerprint density at radius 1 is 1.25 bits per heavy atom. The van der Waals surface area contributed by atoms with Crippen molar-refractivity contribution in [3.63, 3.8) is 0 Å². The molecule has 0 fully saturated rings. The fourth-order valence-electron chi connectivity index (χ4n) is 1.63. The molecule has 1 heterocycles. The average molecular weight is 299 g/mol. The van der Waals surface area contributed by atoms with Crippen LogP contribution in [0.25, 0.3) is 0 Å². The second-order valence-corrected chi connectivity index (χ2v) is 5.54. The molecule has 2 N–H and O–H groups in total. The molecule has 0 radical (unpaired) electrons. The third-order valence-corrected chi connectivity index (χ3v) is 3.71. The maximum atomic E-state index is 12.6. The topological polar surface area (TPSA) is 51.8 Å². The lowest BCUT2D eigenvalue weighted by atomic mass is 10.2. The molecule has 106 valence electrons. The Kier molecular flexibility index (Phi) is 4.17. The molecule has 0 bridgehead atoms. The highest BCUT2D eigenvalue weighted by molar-refractivity contribution is 7.99. The Labute approximate surface area is 118 Å². The summed E-state index contributed by atoms with van der Waals surface area (Å²) in [7, 11) is 0. The monoisotopic (exact) mass is 299 g/mol. The fourth-order valence-corrected chi connectivity index (χ4v) is 2.64. The maximum absolute atomic E-state index is 12.6. The predicted molar refractivity (Wildman–Crippen MR) is 72.2 cm³/mol. The first-order chi connectivity index (χ1) is 9.36.